The number of fused-ring (bicyclic) bond motifs is 1. The second-order valence-corrected chi connectivity index (χ2v) is 9.19. The number of hydrogen-bond acceptors (Lipinski definition) is 3. The molecule has 4 nitrogen and oxygen atoms in total. The zero-order valence-electron chi connectivity index (χ0n) is 17.8. The normalized spacial score (nSPS) is 17.7. The van der Waals surface area contributed by atoms with Crippen molar-refractivity contribution in [1.29, 1.82) is 0 Å². The monoisotopic (exact) mass is 477 g/mol. The molecule has 0 saturated heterocycles. The first-order valence-electron chi connectivity index (χ1n) is 10.2. The minimum atomic E-state index is -1.91. The lowest BCUT2D eigenvalue weighted by molar-refractivity contribution is -0.136. The Hall–Kier alpha value is -2.76. The molecule has 4 rings (SSSR count). The highest BCUT2D eigenvalue weighted by Crippen LogP contribution is 2.45. The zero-order valence-corrected chi connectivity index (χ0v) is 19.4. The molecule has 0 bridgehead atoms. The summed E-state index contributed by atoms with van der Waals surface area (Å²) in [5.74, 6) is -0.710. The van der Waals surface area contributed by atoms with Crippen molar-refractivity contribution in [2.45, 2.75) is 39.3 Å². The molecule has 5 heteroatoms. The molecule has 1 aliphatic rings. The van der Waals surface area contributed by atoms with Crippen LogP contribution in [0, 0.1) is 20.8 Å². The first-order chi connectivity index (χ1) is 14.7. The molecule has 0 aliphatic carbocycles. The molecule has 1 aliphatic heterocycles. The van der Waals surface area contributed by atoms with Crippen LogP contribution in [0.25, 0.3) is 0 Å². The van der Waals surface area contributed by atoms with Gasteiger partial charge in [0.05, 0.1) is 18.7 Å². The second-order valence-electron chi connectivity index (χ2n) is 8.27. The third-order valence-corrected chi connectivity index (χ3v) is 6.34. The van der Waals surface area contributed by atoms with Gasteiger partial charge in [0.15, 0.2) is 11.4 Å². The van der Waals surface area contributed by atoms with E-state index in [-0.39, 0.29) is 12.2 Å². The smallest absolute Gasteiger partial charge is 0.264 e. The number of amides is 1. The van der Waals surface area contributed by atoms with Crippen LogP contribution in [-0.4, -0.2) is 16.8 Å². The van der Waals surface area contributed by atoms with Gasteiger partial charge >= 0.3 is 0 Å². The van der Waals surface area contributed by atoms with Gasteiger partial charge in [-0.15, -0.1) is 0 Å². The van der Waals surface area contributed by atoms with Crippen LogP contribution >= 0.6 is 15.9 Å². The minimum Gasteiger partial charge on any atom is -0.375 e. The summed E-state index contributed by atoms with van der Waals surface area (Å²) in [5, 5.41) is 11.6. The molecule has 0 spiro atoms. The van der Waals surface area contributed by atoms with E-state index >= 15 is 0 Å². The van der Waals surface area contributed by atoms with E-state index in [1.807, 2.05) is 75.4 Å². The summed E-state index contributed by atoms with van der Waals surface area (Å²) >= 11 is 3.44. The predicted molar refractivity (Wildman–Crippen MR) is 125 cm³/mol. The summed E-state index contributed by atoms with van der Waals surface area (Å²) in [6, 6.07) is 18.9. The largest absolute Gasteiger partial charge is 0.375 e. The van der Waals surface area contributed by atoms with Crippen LogP contribution < -0.4 is 4.90 Å². The fourth-order valence-corrected chi connectivity index (χ4v) is 4.92. The SMILES string of the molecule is Cc1cc(C)c(C(=O)C[C@]2(O)C(=O)N(Cc3ccccc3)c3ccc(Br)cc32)c(C)c1. The molecule has 3 aromatic carbocycles. The zero-order chi connectivity index (χ0) is 22.3. The van der Waals surface area contributed by atoms with Crippen molar-refractivity contribution in [3.63, 3.8) is 0 Å². The van der Waals surface area contributed by atoms with E-state index in [2.05, 4.69) is 15.9 Å². The molecule has 0 fully saturated rings. The summed E-state index contributed by atoms with van der Waals surface area (Å²) in [7, 11) is 0. The van der Waals surface area contributed by atoms with Gasteiger partial charge in [0.1, 0.15) is 0 Å². The van der Waals surface area contributed by atoms with Crippen LogP contribution in [0.2, 0.25) is 0 Å². The number of carbonyl (C=O) groups excluding carboxylic acids is 2. The topological polar surface area (TPSA) is 57.6 Å². The van der Waals surface area contributed by atoms with E-state index in [0.717, 1.165) is 26.7 Å². The van der Waals surface area contributed by atoms with Crippen molar-refractivity contribution in [3.05, 3.63) is 98.5 Å². The summed E-state index contributed by atoms with van der Waals surface area (Å²) in [4.78, 5) is 28.4. The second kappa shape index (κ2) is 8.06. The fraction of sp³-hybridized carbons (Fsp3) is 0.231. The van der Waals surface area contributed by atoms with Gasteiger partial charge in [-0.05, 0) is 55.7 Å². The molecule has 1 heterocycles. The number of ketones is 1. The third kappa shape index (κ3) is 3.84. The van der Waals surface area contributed by atoms with Crippen molar-refractivity contribution >= 4 is 33.3 Å². The Balaban J connectivity index is 1.74. The average Bonchev–Trinajstić information content (AvgIpc) is 2.89. The number of Topliss-reactive ketones (excluding diaryl/α,β-unsaturated/α-hetero) is 1. The standard InChI is InChI=1S/C26H24BrNO3/c1-16-11-17(2)24(18(3)12-16)23(29)14-26(31)21-13-20(27)9-10-22(21)28(25(26)30)15-19-7-5-4-6-8-19/h4-13,31H,14-15H2,1-3H3/t26-/m1/s1. The van der Waals surface area contributed by atoms with Gasteiger partial charge in [-0.25, -0.2) is 0 Å². The van der Waals surface area contributed by atoms with Crippen LogP contribution in [-0.2, 0) is 16.9 Å². The molecule has 0 unspecified atom stereocenters. The van der Waals surface area contributed by atoms with E-state index in [1.54, 1.807) is 11.0 Å². The van der Waals surface area contributed by atoms with Gasteiger partial charge in [0.2, 0.25) is 0 Å². The molecule has 0 radical (unpaired) electrons. The van der Waals surface area contributed by atoms with Gasteiger partial charge in [-0.2, -0.15) is 0 Å². The Morgan fingerprint density at radius 1 is 1.00 bits per heavy atom. The van der Waals surface area contributed by atoms with E-state index in [1.165, 1.54) is 0 Å². The van der Waals surface area contributed by atoms with Gasteiger partial charge < -0.3 is 10.0 Å². The molecular formula is C26H24BrNO3. The van der Waals surface area contributed by atoms with Gasteiger partial charge in [0, 0.05) is 15.6 Å². The fourth-order valence-electron chi connectivity index (χ4n) is 4.56. The molecular weight excluding hydrogens is 454 g/mol. The number of nitrogens with zero attached hydrogens (tertiary/aromatic N) is 1. The Kier molecular flexibility index (Phi) is 5.58. The number of hydrogen-bond donors (Lipinski definition) is 1. The summed E-state index contributed by atoms with van der Waals surface area (Å²) in [6.45, 7) is 6.09. The first-order valence-corrected chi connectivity index (χ1v) is 11.0. The maximum atomic E-state index is 13.5. The number of aliphatic hydroxyl groups is 1. The Bertz CT molecular complexity index is 1170. The maximum Gasteiger partial charge on any atom is 0.264 e. The minimum absolute atomic E-state index is 0.238. The highest BCUT2D eigenvalue weighted by molar-refractivity contribution is 9.10. The Labute approximate surface area is 190 Å². The first kappa shape index (κ1) is 21.5. The van der Waals surface area contributed by atoms with Gasteiger partial charge in [-0.3, -0.25) is 9.59 Å². The molecule has 31 heavy (non-hydrogen) atoms. The van der Waals surface area contributed by atoms with Crippen molar-refractivity contribution < 1.29 is 14.7 Å². The van der Waals surface area contributed by atoms with Crippen LogP contribution in [0.5, 0.6) is 0 Å². The number of benzene rings is 3. The Morgan fingerprint density at radius 2 is 1.65 bits per heavy atom. The molecule has 1 N–H and O–H groups in total. The van der Waals surface area contributed by atoms with Crippen molar-refractivity contribution in [2.24, 2.45) is 0 Å². The Morgan fingerprint density at radius 3 is 2.29 bits per heavy atom. The highest BCUT2D eigenvalue weighted by atomic mass is 79.9. The lowest BCUT2D eigenvalue weighted by Gasteiger charge is -2.23. The number of rotatable bonds is 5. The van der Waals surface area contributed by atoms with Crippen molar-refractivity contribution in [3.8, 4) is 0 Å². The third-order valence-electron chi connectivity index (χ3n) is 5.85. The summed E-state index contributed by atoms with van der Waals surface area (Å²) in [6.07, 6.45) is -0.300. The molecule has 1 atom stereocenters. The number of anilines is 1. The number of aryl methyl sites for hydroxylation is 3. The van der Waals surface area contributed by atoms with E-state index in [0.29, 0.717) is 23.4 Å². The van der Waals surface area contributed by atoms with Crippen LogP contribution in [0.4, 0.5) is 5.69 Å². The van der Waals surface area contributed by atoms with Crippen LogP contribution in [0.15, 0.2) is 65.1 Å². The lowest BCUT2D eigenvalue weighted by Crippen LogP contribution is -2.41. The van der Waals surface area contributed by atoms with Gasteiger partial charge in [0.25, 0.3) is 5.91 Å². The van der Waals surface area contributed by atoms with Gasteiger partial charge in [-0.1, -0.05) is 64.0 Å². The van der Waals surface area contributed by atoms with E-state index in [4.69, 9.17) is 0 Å². The quantitative estimate of drug-likeness (QED) is 0.501. The van der Waals surface area contributed by atoms with Crippen molar-refractivity contribution in [2.75, 3.05) is 4.90 Å². The highest BCUT2D eigenvalue weighted by Gasteiger charge is 2.51. The van der Waals surface area contributed by atoms with Crippen LogP contribution in [0.1, 0.15) is 44.6 Å². The van der Waals surface area contributed by atoms with E-state index in [9.17, 15) is 14.7 Å². The molecule has 0 saturated carbocycles. The summed E-state index contributed by atoms with van der Waals surface area (Å²) < 4.78 is 0.745. The predicted octanol–water partition coefficient (Wildman–Crippen LogP) is 5.38. The van der Waals surface area contributed by atoms with E-state index < -0.39 is 11.5 Å². The number of carbonyl (C=O) groups is 2. The maximum absolute atomic E-state index is 13.5. The molecule has 1 amide bonds. The number of halogens is 1. The lowest BCUT2D eigenvalue weighted by atomic mass is 9.85. The molecule has 0 aromatic heterocycles. The average molecular weight is 478 g/mol. The molecule has 158 valence electrons. The molecule has 3 aromatic rings. The van der Waals surface area contributed by atoms with Crippen molar-refractivity contribution in [1.82, 2.24) is 0 Å². The van der Waals surface area contributed by atoms with Crippen LogP contribution in [0.3, 0.4) is 0 Å². The summed E-state index contributed by atoms with van der Waals surface area (Å²) in [5.41, 5.74) is 3.48.